The third-order valence-corrected chi connectivity index (χ3v) is 4.66. The minimum atomic E-state index is -1.20. The zero-order valence-corrected chi connectivity index (χ0v) is 11.3. The van der Waals surface area contributed by atoms with E-state index in [1.54, 1.807) is 0 Å². The van der Waals surface area contributed by atoms with E-state index in [-0.39, 0.29) is 11.8 Å². The SMILES string of the molecule is O=C1N=C2CCCCC2C2(N1)C(=O)Nc1ccc(F)cc12. The lowest BCUT2D eigenvalue weighted by Gasteiger charge is -2.41. The number of amides is 3. The number of hydrogen-bond acceptors (Lipinski definition) is 2. The Morgan fingerprint density at radius 3 is 3.00 bits per heavy atom. The summed E-state index contributed by atoms with van der Waals surface area (Å²) >= 11 is 0. The van der Waals surface area contributed by atoms with E-state index in [1.807, 2.05) is 0 Å². The lowest BCUT2D eigenvalue weighted by atomic mass is 9.69. The molecule has 1 spiro atoms. The number of halogens is 1. The summed E-state index contributed by atoms with van der Waals surface area (Å²) in [7, 11) is 0. The molecule has 2 atom stereocenters. The first-order chi connectivity index (χ1) is 10.1. The van der Waals surface area contributed by atoms with Crippen molar-refractivity contribution >= 4 is 23.3 Å². The van der Waals surface area contributed by atoms with Crippen molar-refractivity contribution in [3.63, 3.8) is 0 Å². The Kier molecular flexibility index (Phi) is 2.46. The fourth-order valence-electron chi connectivity index (χ4n) is 3.77. The van der Waals surface area contributed by atoms with Crippen LogP contribution in [-0.4, -0.2) is 17.6 Å². The first kappa shape index (κ1) is 12.5. The summed E-state index contributed by atoms with van der Waals surface area (Å²) in [5, 5.41) is 5.48. The van der Waals surface area contributed by atoms with Gasteiger partial charge in [0.2, 0.25) is 0 Å². The summed E-state index contributed by atoms with van der Waals surface area (Å²) in [6.45, 7) is 0. The average molecular weight is 287 g/mol. The summed E-state index contributed by atoms with van der Waals surface area (Å²) in [6, 6.07) is 3.66. The normalized spacial score (nSPS) is 30.3. The molecule has 2 N–H and O–H groups in total. The van der Waals surface area contributed by atoms with Gasteiger partial charge in [0.25, 0.3) is 5.91 Å². The molecule has 2 aliphatic heterocycles. The van der Waals surface area contributed by atoms with Crippen LogP contribution in [0.1, 0.15) is 31.2 Å². The fraction of sp³-hybridized carbons (Fsp3) is 0.400. The van der Waals surface area contributed by atoms with Gasteiger partial charge in [-0.2, -0.15) is 0 Å². The number of nitrogens with one attached hydrogen (secondary N) is 2. The molecule has 2 heterocycles. The van der Waals surface area contributed by atoms with Crippen LogP contribution in [0.2, 0.25) is 0 Å². The number of rotatable bonds is 0. The van der Waals surface area contributed by atoms with Gasteiger partial charge in [-0.15, -0.1) is 0 Å². The van der Waals surface area contributed by atoms with Crippen LogP contribution in [0, 0.1) is 11.7 Å². The molecule has 1 aromatic carbocycles. The molecule has 6 heteroatoms. The summed E-state index contributed by atoms with van der Waals surface area (Å²) < 4.78 is 13.7. The van der Waals surface area contributed by atoms with Crippen molar-refractivity contribution in [2.45, 2.75) is 31.2 Å². The zero-order chi connectivity index (χ0) is 14.6. The van der Waals surface area contributed by atoms with Crippen molar-refractivity contribution < 1.29 is 14.0 Å². The summed E-state index contributed by atoms with van der Waals surface area (Å²) in [5.74, 6) is -0.901. The molecular formula is C15H14FN3O2. The molecule has 0 saturated heterocycles. The maximum atomic E-state index is 13.7. The lowest BCUT2D eigenvalue weighted by Crippen LogP contribution is -2.60. The predicted molar refractivity (Wildman–Crippen MR) is 74.6 cm³/mol. The minimum Gasteiger partial charge on any atom is -0.323 e. The monoisotopic (exact) mass is 287 g/mol. The number of carbonyl (C=O) groups excluding carboxylic acids is 2. The molecule has 1 saturated carbocycles. The number of urea groups is 1. The molecule has 3 aliphatic rings. The molecular weight excluding hydrogens is 273 g/mol. The van der Waals surface area contributed by atoms with Gasteiger partial charge in [0.15, 0.2) is 5.54 Å². The highest BCUT2D eigenvalue weighted by Gasteiger charge is 2.57. The van der Waals surface area contributed by atoms with E-state index in [4.69, 9.17) is 0 Å². The number of hydrogen-bond donors (Lipinski definition) is 2. The maximum Gasteiger partial charge on any atom is 0.341 e. The van der Waals surface area contributed by atoms with Crippen LogP contribution in [0.4, 0.5) is 14.9 Å². The van der Waals surface area contributed by atoms with Gasteiger partial charge in [-0.25, -0.2) is 14.2 Å². The molecule has 1 aliphatic carbocycles. The molecule has 1 aromatic rings. The minimum absolute atomic E-state index is 0.188. The van der Waals surface area contributed by atoms with E-state index in [0.29, 0.717) is 11.3 Å². The van der Waals surface area contributed by atoms with Crippen LogP contribution in [-0.2, 0) is 10.3 Å². The second kappa shape index (κ2) is 4.13. The van der Waals surface area contributed by atoms with E-state index in [2.05, 4.69) is 15.6 Å². The average Bonchev–Trinajstić information content (AvgIpc) is 2.72. The van der Waals surface area contributed by atoms with Crippen LogP contribution in [0.3, 0.4) is 0 Å². The standard InChI is InChI=1S/C15H14FN3O2/c16-8-5-6-12-10(7-8)15(13(20)17-12)9-3-1-2-4-11(9)18-14(21)19-15/h5-7,9H,1-4H2,(H,17,20)(H,19,21). The number of anilines is 1. The van der Waals surface area contributed by atoms with E-state index < -0.39 is 17.4 Å². The molecule has 108 valence electrons. The van der Waals surface area contributed by atoms with Gasteiger partial charge < -0.3 is 10.6 Å². The van der Waals surface area contributed by atoms with Crippen LogP contribution < -0.4 is 10.6 Å². The Hall–Kier alpha value is -2.24. The third kappa shape index (κ3) is 1.58. The second-order valence-corrected chi connectivity index (χ2v) is 5.78. The fourth-order valence-corrected chi connectivity index (χ4v) is 3.77. The van der Waals surface area contributed by atoms with Crippen molar-refractivity contribution in [3.8, 4) is 0 Å². The Bertz CT molecular complexity index is 700. The van der Waals surface area contributed by atoms with E-state index in [9.17, 15) is 14.0 Å². The lowest BCUT2D eigenvalue weighted by molar-refractivity contribution is -0.123. The Balaban J connectivity index is 1.94. The topological polar surface area (TPSA) is 70.6 Å². The second-order valence-electron chi connectivity index (χ2n) is 5.78. The Morgan fingerprint density at radius 2 is 2.14 bits per heavy atom. The van der Waals surface area contributed by atoms with Gasteiger partial charge >= 0.3 is 6.03 Å². The van der Waals surface area contributed by atoms with Crippen molar-refractivity contribution in [1.82, 2.24) is 5.32 Å². The van der Waals surface area contributed by atoms with Crippen molar-refractivity contribution in [3.05, 3.63) is 29.6 Å². The number of carbonyl (C=O) groups is 2. The van der Waals surface area contributed by atoms with Crippen LogP contribution in [0.15, 0.2) is 23.2 Å². The summed E-state index contributed by atoms with van der Waals surface area (Å²) in [5.41, 5.74) is 0.636. The number of benzene rings is 1. The number of aliphatic imine (C=N–C) groups is 1. The zero-order valence-electron chi connectivity index (χ0n) is 11.3. The first-order valence-electron chi connectivity index (χ1n) is 7.12. The molecule has 21 heavy (non-hydrogen) atoms. The maximum absolute atomic E-state index is 13.7. The number of nitrogens with zero attached hydrogens (tertiary/aromatic N) is 1. The molecule has 0 bridgehead atoms. The van der Waals surface area contributed by atoms with Gasteiger partial charge in [-0.05, 0) is 37.5 Å². The quantitative estimate of drug-likeness (QED) is 0.768. The number of fused-ring (bicyclic) bond motifs is 4. The van der Waals surface area contributed by atoms with Gasteiger partial charge in [0.1, 0.15) is 5.82 Å². The molecule has 1 fully saturated rings. The first-order valence-corrected chi connectivity index (χ1v) is 7.12. The third-order valence-electron chi connectivity index (χ3n) is 4.66. The smallest absolute Gasteiger partial charge is 0.323 e. The molecule has 0 aromatic heterocycles. The van der Waals surface area contributed by atoms with Crippen molar-refractivity contribution in [2.75, 3.05) is 5.32 Å². The Labute approximate surface area is 120 Å². The molecule has 4 rings (SSSR count). The van der Waals surface area contributed by atoms with Crippen molar-refractivity contribution in [2.24, 2.45) is 10.9 Å². The molecule has 0 radical (unpaired) electrons. The van der Waals surface area contributed by atoms with E-state index in [1.165, 1.54) is 18.2 Å². The summed E-state index contributed by atoms with van der Waals surface area (Å²) in [6.07, 6.45) is 3.43. The highest BCUT2D eigenvalue weighted by molar-refractivity contribution is 6.14. The molecule has 5 nitrogen and oxygen atoms in total. The van der Waals surface area contributed by atoms with Crippen molar-refractivity contribution in [1.29, 1.82) is 0 Å². The van der Waals surface area contributed by atoms with Gasteiger partial charge in [0, 0.05) is 22.9 Å². The highest BCUT2D eigenvalue weighted by Crippen LogP contribution is 2.47. The molecule has 2 unspecified atom stereocenters. The molecule has 3 amide bonds. The van der Waals surface area contributed by atoms with Crippen LogP contribution >= 0.6 is 0 Å². The Morgan fingerprint density at radius 1 is 1.29 bits per heavy atom. The largest absolute Gasteiger partial charge is 0.341 e. The highest BCUT2D eigenvalue weighted by atomic mass is 19.1. The van der Waals surface area contributed by atoms with Crippen LogP contribution in [0.25, 0.3) is 0 Å². The van der Waals surface area contributed by atoms with E-state index in [0.717, 1.165) is 31.4 Å². The summed E-state index contributed by atoms with van der Waals surface area (Å²) in [4.78, 5) is 28.6. The predicted octanol–water partition coefficient (Wildman–Crippen LogP) is 2.33. The van der Waals surface area contributed by atoms with Gasteiger partial charge in [0.05, 0.1) is 0 Å². The van der Waals surface area contributed by atoms with Gasteiger partial charge in [-0.3, -0.25) is 4.79 Å². The van der Waals surface area contributed by atoms with E-state index >= 15 is 0 Å². The van der Waals surface area contributed by atoms with Gasteiger partial charge in [-0.1, -0.05) is 6.42 Å². The van der Waals surface area contributed by atoms with Crippen LogP contribution in [0.5, 0.6) is 0 Å².